The van der Waals surface area contributed by atoms with Gasteiger partial charge < -0.3 is 20.1 Å². The molecule has 1 aromatic carbocycles. The quantitative estimate of drug-likeness (QED) is 0.135. The van der Waals surface area contributed by atoms with Crippen LogP contribution in [0.5, 0.6) is 11.5 Å². The van der Waals surface area contributed by atoms with Crippen molar-refractivity contribution in [3.05, 3.63) is 41.5 Å². The van der Waals surface area contributed by atoms with Gasteiger partial charge in [0.1, 0.15) is 6.10 Å². The predicted octanol–water partition coefficient (Wildman–Crippen LogP) is 8.91. The molecule has 9 atom stereocenters. The second-order valence-electron chi connectivity index (χ2n) is 17.4. The third-order valence-corrected chi connectivity index (χ3v) is 15.0. The van der Waals surface area contributed by atoms with E-state index in [1.807, 2.05) is 6.92 Å². The maximum Gasteiger partial charge on any atom is 0.331 e. The van der Waals surface area contributed by atoms with E-state index in [4.69, 9.17) is 4.74 Å². The second-order valence-corrected chi connectivity index (χ2v) is 17.4. The van der Waals surface area contributed by atoms with Crippen LogP contribution in [0.15, 0.2) is 35.9 Å². The Hall–Kier alpha value is -2.76. The smallest absolute Gasteiger partial charge is 0.331 e. The van der Waals surface area contributed by atoms with E-state index in [1.54, 1.807) is 17.7 Å². The van der Waals surface area contributed by atoms with Crippen LogP contribution in [0.2, 0.25) is 0 Å². The van der Waals surface area contributed by atoms with Crippen molar-refractivity contribution in [2.24, 2.45) is 50.2 Å². The van der Waals surface area contributed by atoms with Gasteiger partial charge in [-0.15, -0.1) is 0 Å². The topological polar surface area (TPSA) is 104 Å². The first-order valence-corrected chi connectivity index (χ1v) is 17.2. The number of rotatable bonds is 4. The van der Waals surface area contributed by atoms with Gasteiger partial charge in [-0.05, 0) is 134 Å². The van der Waals surface area contributed by atoms with E-state index >= 15 is 0 Å². The summed E-state index contributed by atoms with van der Waals surface area (Å²) in [6, 6.07) is 4.47. The molecule has 0 saturated heterocycles. The summed E-state index contributed by atoms with van der Waals surface area (Å²) in [6.07, 6.45) is 15.4. The van der Waals surface area contributed by atoms with Crippen LogP contribution in [0.1, 0.15) is 118 Å². The number of carboxylic acids is 1. The molecule has 0 bridgehead atoms. The molecule has 0 amide bonds. The lowest BCUT2D eigenvalue weighted by molar-refractivity contribution is -0.211. The molecule has 4 saturated carbocycles. The molecule has 45 heavy (non-hydrogen) atoms. The number of ether oxygens (including phenoxy) is 1. The van der Waals surface area contributed by atoms with Crippen molar-refractivity contribution in [3.63, 3.8) is 0 Å². The van der Waals surface area contributed by atoms with Crippen LogP contribution >= 0.6 is 0 Å². The van der Waals surface area contributed by atoms with Gasteiger partial charge in [-0.2, -0.15) is 0 Å². The normalized spacial score (nSPS) is 43.7. The number of fused-ring (bicyclic) bond motifs is 7. The number of carbonyl (C=O) groups is 2. The largest absolute Gasteiger partial charge is 0.504 e. The summed E-state index contributed by atoms with van der Waals surface area (Å²) in [6.45, 7) is 16.6. The minimum absolute atomic E-state index is 0.0613. The number of phenols is 2. The lowest BCUT2D eigenvalue weighted by Crippen LogP contribution is -2.64. The Morgan fingerprint density at radius 2 is 1.58 bits per heavy atom. The third-order valence-electron chi connectivity index (χ3n) is 15.0. The summed E-state index contributed by atoms with van der Waals surface area (Å²) in [5.74, 6) is -0.158. The first kappa shape index (κ1) is 32.2. The number of aromatic hydroxyl groups is 2. The van der Waals surface area contributed by atoms with Gasteiger partial charge in [0.15, 0.2) is 11.5 Å². The summed E-state index contributed by atoms with van der Waals surface area (Å²) < 4.78 is 6.15. The Morgan fingerprint density at radius 3 is 2.27 bits per heavy atom. The van der Waals surface area contributed by atoms with Crippen molar-refractivity contribution in [2.45, 2.75) is 119 Å². The first-order valence-electron chi connectivity index (χ1n) is 17.2. The summed E-state index contributed by atoms with van der Waals surface area (Å²) in [5.41, 5.74) is 1.86. The molecule has 0 radical (unpaired) electrons. The van der Waals surface area contributed by atoms with E-state index in [-0.39, 0.29) is 50.6 Å². The molecule has 0 aliphatic heterocycles. The fraction of sp³-hybridized carbons (Fsp3) is 0.692. The highest BCUT2D eigenvalue weighted by Gasteiger charge is 2.68. The minimum atomic E-state index is -0.647. The average Bonchev–Trinajstić information content (AvgIpc) is 2.96. The molecule has 6 rings (SSSR count). The molecular weight excluding hydrogens is 564 g/mol. The molecule has 0 unspecified atom stereocenters. The third kappa shape index (κ3) is 4.70. The monoisotopic (exact) mass is 618 g/mol. The number of aliphatic carboxylic acids is 1. The van der Waals surface area contributed by atoms with Gasteiger partial charge in [-0.25, -0.2) is 4.79 Å². The average molecular weight is 619 g/mol. The maximum absolute atomic E-state index is 13.0. The number of carboxylic acid groups (broad SMARTS) is 1. The van der Waals surface area contributed by atoms with Crippen molar-refractivity contribution in [1.29, 1.82) is 0 Å². The second kappa shape index (κ2) is 10.4. The maximum atomic E-state index is 13.0. The molecule has 4 fully saturated rings. The number of benzene rings is 1. The van der Waals surface area contributed by atoms with E-state index < -0.39 is 11.4 Å². The Labute approximate surface area is 269 Å². The van der Waals surface area contributed by atoms with Crippen LogP contribution in [0, 0.1) is 50.2 Å². The molecule has 6 heteroatoms. The highest BCUT2D eigenvalue weighted by Crippen LogP contribution is 2.75. The first-order chi connectivity index (χ1) is 20.9. The van der Waals surface area contributed by atoms with Crippen molar-refractivity contribution in [1.82, 2.24) is 0 Å². The molecular formula is C39H54O6. The number of hydrogen-bond acceptors (Lipinski definition) is 5. The van der Waals surface area contributed by atoms with Crippen LogP contribution in [0.25, 0.3) is 6.08 Å². The van der Waals surface area contributed by atoms with E-state index in [0.717, 1.165) is 51.4 Å². The van der Waals surface area contributed by atoms with Gasteiger partial charge in [0, 0.05) is 11.5 Å². The summed E-state index contributed by atoms with van der Waals surface area (Å²) >= 11 is 0. The molecule has 3 N–H and O–H groups in total. The molecule has 5 aliphatic carbocycles. The van der Waals surface area contributed by atoms with Gasteiger partial charge in [-0.3, -0.25) is 4.79 Å². The highest BCUT2D eigenvalue weighted by molar-refractivity contribution is 5.87. The lowest BCUT2D eigenvalue weighted by Gasteiger charge is -2.71. The fourth-order valence-electron chi connectivity index (χ4n) is 11.7. The SMILES string of the molecule is CC1(C)[C@H](OC(=O)C=Cc2ccc(O)c(O)c2)CC[C@]2(C)[C@H]3CC=C4[C@@H]5C[C@@](C)(C(=O)O)CC[C@]5(C)CC[C@@]4(C)[C@]3(C)CC[C@@H]12. The van der Waals surface area contributed by atoms with Crippen LogP contribution in [0.4, 0.5) is 0 Å². The summed E-state index contributed by atoms with van der Waals surface area (Å²) in [4.78, 5) is 25.4. The van der Waals surface area contributed by atoms with Crippen LogP contribution in [-0.4, -0.2) is 33.4 Å². The molecule has 1 aromatic rings. The molecule has 6 nitrogen and oxygen atoms in total. The van der Waals surface area contributed by atoms with Gasteiger partial charge in [0.05, 0.1) is 5.41 Å². The number of allylic oxidation sites excluding steroid dienone is 2. The van der Waals surface area contributed by atoms with Crippen molar-refractivity contribution < 1.29 is 29.6 Å². The molecule has 0 heterocycles. The molecule has 0 spiro atoms. The Balaban J connectivity index is 1.24. The highest BCUT2D eigenvalue weighted by atomic mass is 16.5. The number of carbonyl (C=O) groups excluding carboxylic acids is 1. The lowest BCUT2D eigenvalue weighted by atomic mass is 9.33. The zero-order valence-corrected chi connectivity index (χ0v) is 28.4. The number of phenolic OH excluding ortho intramolecular Hbond substituents is 2. The fourth-order valence-corrected chi connectivity index (χ4v) is 11.7. The van der Waals surface area contributed by atoms with Gasteiger partial charge in [-0.1, -0.05) is 59.3 Å². The standard InChI is InChI=1S/C39H54O6/c1-34(2)29-14-17-39(7)30(12-10-25-26-23-36(4,33(43)44)19-18-35(26,3)20-21-38(25,39)6)37(29,5)16-15-31(34)45-32(42)13-9-24-8-11-27(40)28(41)22-24/h8-11,13,22,26,29-31,40-41H,12,14-21,23H2,1-7H3,(H,43,44)/t26-,29-,30+,31+,35+,36-,37-,38+,39+/m0/s1. The molecule has 0 aromatic heterocycles. The van der Waals surface area contributed by atoms with Crippen LogP contribution in [-0.2, 0) is 14.3 Å². The minimum Gasteiger partial charge on any atom is -0.504 e. The summed E-state index contributed by atoms with van der Waals surface area (Å²) in [5, 5.41) is 29.6. The summed E-state index contributed by atoms with van der Waals surface area (Å²) in [7, 11) is 0. The van der Waals surface area contributed by atoms with Crippen LogP contribution in [0.3, 0.4) is 0 Å². The Bertz CT molecular complexity index is 1460. The van der Waals surface area contributed by atoms with E-state index in [0.29, 0.717) is 23.3 Å². The van der Waals surface area contributed by atoms with Crippen molar-refractivity contribution >= 4 is 18.0 Å². The number of esters is 1. The van der Waals surface area contributed by atoms with E-state index in [1.165, 1.54) is 31.1 Å². The zero-order chi connectivity index (χ0) is 32.8. The zero-order valence-electron chi connectivity index (χ0n) is 28.4. The van der Waals surface area contributed by atoms with Gasteiger partial charge in [0.25, 0.3) is 0 Å². The van der Waals surface area contributed by atoms with Gasteiger partial charge in [0.2, 0.25) is 0 Å². The van der Waals surface area contributed by atoms with E-state index in [9.17, 15) is 24.9 Å². The van der Waals surface area contributed by atoms with Crippen molar-refractivity contribution in [3.8, 4) is 11.5 Å². The van der Waals surface area contributed by atoms with Crippen LogP contribution < -0.4 is 0 Å². The molecule has 246 valence electrons. The Morgan fingerprint density at radius 1 is 0.867 bits per heavy atom. The number of hydrogen-bond donors (Lipinski definition) is 3. The molecule has 5 aliphatic rings. The van der Waals surface area contributed by atoms with Gasteiger partial charge >= 0.3 is 11.9 Å². The Kier molecular flexibility index (Phi) is 7.42. The predicted molar refractivity (Wildman–Crippen MR) is 175 cm³/mol. The van der Waals surface area contributed by atoms with E-state index in [2.05, 4.69) is 47.6 Å². The van der Waals surface area contributed by atoms with Crippen molar-refractivity contribution in [2.75, 3.05) is 0 Å².